The van der Waals surface area contributed by atoms with E-state index in [9.17, 15) is 14.4 Å². The number of piperidine rings is 1. The Morgan fingerprint density at radius 3 is 2.48 bits per heavy atom. The summed E-state index contributed by atoms with van der Waals surface area (Å²) in [6, 6.07) is 3.89. The number of aromatic nitrogens is 2. The zero-order valence-electron chi connectivity index (χ0n) is 27.5. The summed E-state index contributed by atoms with van der Waals surface area (Å²) in [6.07, 6.45) is 7.75. The largest absolute Gasteiger partial charge is 0.487 e. The minimum Gasteiger partial charge on any atom is -0.487 e. The number of amides is 3. The van der Waals surface area contributed by atoms with Gasteiger partial charge in [0.1, 0.15) is 35.5 Å². The van der Waals surface area contributed by atoms with Gasteiger partial charge in [-0.25, -0.2) is 4.39 Å². The number of rotatable bonds is 10. The molecule has 2 atom stereocenters. The molecule has 8 rings (SSSR count). The predicted octanol–water partition coefficient (Wildman–Crippen LogP) is 3.13. The number of benzene rings is 1. The average molecular weight is 665 g/mol. The number of aryl methyl sites for hydroxylation is 1. The zero-order chi connectivity index (χ0) is 33.0. The Morgan fingerprint density at radius 1 is 1.08 bits per heavy atom. The number of anilines is 1. The molecular weight excluding hydrogens is 619 g/mol. The first kappa shape index (κ1) is 31.7. The normalized spacial score (nSPS) is 24.9. The van der Waals surface area contributed by atoms with E-state index in [0.717, 1.165) is 64.8 Å². The van der Waals surface area contributed by atoms with Crippen LogP contribution in [0, 0.1) is 23.6 Å². The predicted molar refractivity (Wildman–Crippen MR) is 172 cm³/mol. The van der Waals surface area contributed by atoms with Crippen molar-refractivity contribution in [3.05, 3.63) is 41.5 Å². The van der Waals surface area contributed by atoms with Crippen LogP contribution in [-0.2, 0) is 25.6 Å². The lowest BCUT2D eigenvalue weighted by molar-refractivity contribution is -0.150. The smallest absolute Gasteiger partial charge is 0.270 e. The molecule has 258 valence electrons. The second-order valence-corrected chi connectivity index (χ2v) is 14.5. The summed E-state index contributed by atoms with van der Waals surface area (Å²) in [4.78, 5) is 44.9. The standard InChI is InChI=1S/C35H45FN6O6/c1-2-42-27(7-10-37-42)33(44)39-32(31(21-3-4-21)22-5-6-22)34(45)38-26-16-29-24(15-25(26)36)28(41-13-14-46-20-30(41)43)17-35(48-29)8-11-40(12-9-35)23-18-47-19-23/h7,10,15-16,21-23,28,31-32H,2-6,8-9,11-14,17-20H2,1H3,(H,38,45)(H,39,44)/t28?,32-/m0/s1. The first-order valence-corrected chi connectivity index (χ1v) is 17.7. The van der Waals surface area contributed by atoms with Crippen molar-refractivity contribution in [1.82, 2.24) is 24.9 Å². The third-order valence-corrected chi connectivity index (χ3v) is 11.4. The molecule has 0 bridgehead atoms. The third-order valence-electron chi connectivity index (χ3n) is 11.4. The van der Waals surface area contributed by atoms with Crippen molar-refractivity contribution >= 4 is 23.4 Å². The average Bonchev–Trinajstić information content (AvgIpc) is 4.01. The molecule has 1 unspecified atom stereocenters. The molecule has 48 heavy (non-hydrogen) atoms. The Balaban J connectivity index is 1.08. The van der Waals surface area contributed by atoms with E-state index in [0.29, 0.717) is 61.0 Å². The lowest BCUT2D eigenvalue weighted by atomic mass is 9.79. The molecule has 5 fully saturated rings. The van der Waals surface area contributed by atoms with E-state index in [4.69, 9.17) is 14.2 Å². The highest BCUT2D eigenvalue weighted by atomic mass is 19.1. The molecule has 6 aliphatic rings. The van der Waals surface area contributed by atoms with Crippen LogP contribution in [0.5, 0.6) is 5.75 Å². The van der Waals surface area contributed by atoms with Crippen molar-refractivity contribution in [2.75, 3.05) is 51.4 Å². The van der Waals surface area contributed by atoms with Crippen molar-refractivity contribution in [2.45, 2.75) is 82.1 Å². The quantitative estimate of drug-likeness (QED) is 0.397. The Morgan fingerprint density at radius 2 is 1.83 bits per heavy atom. The molecule has 5 heterocycles. The van der Waals surface area contributed by atoms with Crippen molar-refractivity contribution in [2.24, 2.45) is 17.8 Å². The van der Waals surface area contributed by atoms with Crippen LogP contribution in [0.15, 0.2) is 24.4 Å². The van der Waals surface area contributed by atoms with Gasteiger partial charge in [0.25, 0.3) is 5.91 Å². The van der Waals surface area contributed by atoms with E-state index in [-0.39, 0.29) is 36.1 Å². The molecule has 3 amide bonds. The third kappa shape index (κ3) is 6.09. The highest BCUT2D eigenvalue weighted by molar-refractivity contribution is 6.01. The molecule has 2 saturated carbocycles. The van der Waals surface area contributed by atoms with Crippen LogP contribution in [0.4, 0.5) is 10.1 Å². The van der Waals surface area contributed by atoms with Gasteiger partial charge >= 0.3 is 0 Å². The molecule has 4 aliphatic heterocycles. The fourth-order valence-corrected chi connectivity index (χ4v) is 8.36. The van der Waals surface area contributed by atoms with Gasteiger partial charge in [-0.1, -0.05) is 0 Å². The molecule has 1 aromatic heterocycles. The minimum atomic E-state index is -0.820. The highest BCUT2D eigenvalue weighted by Crippen LogP contribution is 2.52. The lowest BCUT2D eigenvalue weighted by Crippen LogP contribution is -2.58. The number of likely N-dealkylation sites (tertiary alicyclic amines) is 1. The molecule has 1 spiro atoms. The monoisotopic (exact) mass is 664 g/mol. The number of ether oxygens (including phenoxy) is 3. The molecule has 2 aliphatic carbocycles. The van der Waals surface area contributed by atoms with E-state index in [1.807, 2.05) is 6.92 Å². The number of nitrogens with zero attached hydrogens (tertiary/aromatic N) is 4. The SMILES string of the molecule is CCn1nccc1C(=O)N[C@H](C(=O)Nc1cc2c(cc1F)C(N1CCOCC1=O)CC1(CCN(C3COC3)CC1)O2)C(C1CC1)C1CC1. The van der Waals surface area contributed by atoms with Crippen LogP contribution >= 0.6 is 0 Å². The number of halogens is 1. The molecular formula is C35H45FN6O6. The number of carbonyl (C=O) groups excluding carboxylic acids is 3. The molecule has 12 nitrogen and oxygen atoms in total. The Hall–Kier alpha value is -3.55. The van der Waals surface area contributed by atoms with E-state index in [1.165, 1.54) is 6.07 Å². The maximum Gasteiger partial charge on any atom is 0.270 e. The number of morpholine rings is 1. The van der Waals surface area contributed by atoms with Gasteiger partial charge in [0.15, 0.2) is 0 Å². The molecule has 2 aromatic rings. The van der Waals surface area contributed by atoms with Gasteiger partial charge in [-0.15, -0.1) is 0 Å². The Kier molecular flexibility index (Phi) is 8.40. The van der Waals surface area contributed by atoms with Crippen LogP contribution in [0.1, 0.15) is 74.0 Å². The number of hydrogen-bond acceptors (Lipinski definition) is 8. The number of nitrogens with one attached hydrogen (secondary N) is 2. The Labute approximate surface area is 279 Å². The second-order valence-electron chi connectivity index (χ2n) is 14.5. The summed E-state index contributed by atoms with van der Waals surface area (Å²) in [5.41, 5.74) is 0.472. The van der Waals surface area contributed by atoms with Gasteiger partial charge in [0.05, 0.1) is 37.6 Å². The van der Waals surface area contributed by atoms with Crippen molar-refractivity contribution in [3.8, 4) is 5.75 Å². The maximum atomic E-state index is 16.1. The van der Waals surface area contributed by atoms with Gasteiger partial charge in [-0.05, 0) is 75.3 Å². The molecule has 2 N–H and O–H groups in total. The summed E-state index contributed by atoms with van der Waals surface area (Å²) in [6.45, 7) is 6.46. The first-order valence-electron chi connectivity index (χ1n) is 17.7. The van der Waals surface area contributed by atoms with Gasteiger partial charge < -0.3 is 29.7 Å². The van der Waals surface area contributed by atoms with Crippen LogP contribution < -0.4 is 15.4 Å². The summed E-state index contributed by atoms with van der Waals surface area (Å²) >= 11 is 0. The number of hydrogen-bond donors (Lipinski definition) is 2. The molecule has 1 aromatic carbocycles. The van der Waals surface area contributed by atoms with Crippen LogP contribution in [0.25, 0.3) is 0 Å². The molecule has 13 heteroatoms. The van der Waals surface area contributed by atoms with Gasteiger partial charge in [-0.3, -0.25) is 24.0 Å². The fraction of sp³-hybridized carbons (Fsp3) is 0.657. The summed E-state index contributed by atoms with van der Waals surface area (Å²) in [5, 5.41) is 10.1. The Bertz CT molecular complexity index is 1550. The van der Waals surface area contributed by atoms with E-state index in [2.05, 4.69) is 20.6 Å². The van der Waals surface area contributed by atoms with Crippen molar-refractivity contribution < 1.29 is 33.0 Å². The molecule has 3 saturated heterocycles. The lowest BCUT2D eigenvalue weighted by Gasteiger charge is -2.51. The molecule has 0 radical (unpaired) electrons. The van der Waals surface area contributed by atoms with E-state index < -0.39 is 23.4 Å². The second kappa shape index (κ2) is 12.7. The van der Waals surface area contributed by atoms with E-state index >= 15 is 4.39 Å². The van der Waals surface area contributed by atoms with E-state index in [1.54, 1.807) is 27.9 Å². The summed E-state index contributed by atoms with van der Waals surface area (Å²) < 4.78 is 35.3. The van der Waals surface area contributed by atoms with Gasteiger partial charge in [0, 0.05) is 50.4 Å². The fourth-order valence-electron chi connectivity index (χ4n) is 8.36. The summed E-state index contributed by atoms with van der Waals surface area (Å²) in [5.74, 6) is -0.354. The topological polar surface area (TPSA) is 127 Å². The van der Waals surface area contributed by atoms with Crippen LogP contribution in [-0.4, -0.2) is 101 Å². The van der Waals surface area contributed by atoms with Crippen LogP contribution in [0.2, 0.25) is 0 Å². The number of fused-ring (bicyclic) bond motifs is 1. The van der Waals surface area contributed by atoms with Crippen LogP contribution in [0.3, 0.4) is 0 Å². The number of carbonyl (C=O) groups is 3. The van der Waals surface area contributed by atoms with Crippen molar-refractivity contribution in [1.29, 1.82) is 0 Å². The van der Waals surface area contributed by atoms with Gasteiger partial charge in [-0.2, -0.15) is 5.10 Å². The highest BCUT2D eigenvalue weighted by Gasteiger charge is 2.50. The summed E-state index contributed by atoms with van der Waals surface area (Å²) in [7, 11) is 0. The van der Waals surface area contributed by atoms with Gasteiger partial charge in [0.2, 0.25) is 11.8 Å². The first-order chi connectivity index (χ1) is 23.3. The minimum absolute atomic E-state index is 0.00107. The van der Waals surface area contributed by atoms with Crippen molar-refractivity contribution in [3.63, 3.8) is 0 Å². The maximum absolute atomic E-state index is 16.1. The zero-order valence-corrected chi connectivity index (χ0v) is 27.5.